The van der Waals surface area contributed by atoms with Crippen molar-refractivity contribution in [2.75, 3.05) is 11.1 Å². The Labute approximate surface area is 269 Å². The maximum Gasteiger partial charge on any atom is 0.260 e. The number of carbonyl (C=O) groups excluding carboxylic acids is 1. The number of pyridine rings is 1. The lowest BCUT2D eigenvalue weighted by atomic mass is 9.88. The second-order valence-corrected chi connectivity index (χ2v) is 12.1. The third kappa shape index (κ3) is 6.68. The molecule has 1 amide bonds. The highest BCUT2D eigenvalue weighted by molar-refractivity contribution is 8.00. The molecule has 0 bridgehead atoms. The SMILES string of the molecule is CCCCC1=NC(CC)(c2ccncc2)C(=O)N1Cc1ccc(-c2ccccc2SN(O)c2noc(C)c2C)c(COCC)c1. The summed E-state index contributed by atoms with van der Waals surface area (Å²) >= 11 is 1.17. The minimum atomic E-state index is -0.937. The number of aryl methyl sites for hydroxylation is 1. The largest absolute Gasteiger partial charge is 0.377 e. The zero-order valence-corrected chi connectivity index (χ0v) is 27.4. The zero-order chi connectivity index (χ0) is 32.0. The number of aromatic nitrogens is 2. The van der Waals surface area contributed by atoms with Crippen LogP contribution in [0, 0.1) is 13.8 Å². The second-order valence-electron chi connectivity index (χ2n) is 11.1. The average molecular weight is 628 g/mol. The van der Waals surface area contributed by atoms with Crippen LogP contribution in [0.3, 0.4) is 0 Å². The van der Waals surface area contributed by atoms with Gasteiger partial charge in [-0.1, -0.05) is 61.8 Å². The molecule has 0 spiro atoms. The van der Waals surface area contributed by atoms with Crippen LogP contribution in [0.15, 0.2) is 81.4 Å². The smallest absolute Gasteiger partial charge is 0.260 e. The number of aliphatic imine (C=N–C) groups is 1. The molecule has 0 radical (unpaired) electrons. The fourth-order valence-corrected chi connectivity index (χ4v) is 6.48. The lowest BCUT2D eigenvalue weighted by Crippen LogP contribution is -2.40. The molecule has 4 aromatic rings. The molecule has 236 valence electrons. The molecule has 2 aromatic carbocycles. The molecule has 2 aromatic heterocycles. The summed E-state index contributed by atoms with van der Waals surface area (Å²) in [5.74, 6) is 1.85. The van der Waals surface area contributed by atoms with Gasteiger partial charge in [0.25, 0.3) is 5.91 Å². The van der Waals surface area contributed by atoms with E-state index in [1.54, 1.807) is 12.4 Å². The summed E-state index contributed by atoms with van der Waals surface area (Å²) in [5.41, 5.74) is 4.64. The highest BCUT2D eigenvalue weighted by atomic mass is 32.2. The minimum Gasteiger partial charge on any atom is -0.377 e. The number of carbonyl (C=O) groups is 1. The fourth-order valence-electron chi connectivity index (χ4n) is 5.62. The van der Waals surface area contributed by atoms with Gasteiger partial charge in [-0.15, -0.1) is 0 Å². The molecular weight excluding hydrogens is 586 g/mol. The third-order valence-electron chi connectivity index (χ3n) is 8.30. The summed E-state index contributed by atoms with van der Waals surface area (Å²) in [7, 11) is 0. The molecule has 1 aliphatic rings. The molecule has 3 heterocycles. The van der Waals surface area contributed by atoms with E-state index >= 15 is 0 Å². The van der Waals surface area contributed by atoms with E-state index in [2.05, 4.69) is 35.3 Å². The first-order valence-corrected chi connectivity index (χ1v) is 16.3. The first kappa shape index (κ1) is 32.4. The number of benzene rings is 2. The summed E-state index contributed by atoms with van der Waals surface area (Å²) < 4.78 is 12.2. The van der Waals surface area contributed by atoms with Crippen LogP contribution < -0.4 is 4.47 Å². The van der Waals surface area contributed by atoms with Crippen molar-refractivity contribution >= 4 is 29.5 Å². The van der Waals surface area contributed by atoms with Gasteiger partial charge < -0.3 is 9.26 Å². The van der Waals surface area contributed by atoms with Gasteiger partial charge in [-0.2, -0.15) is 4.47 Å². The Morgan fingerprint density at radius 2 is 1.82 bits per heavy atom. The van der Waals surface area contributed by atoms with Crippen molar-refractivity contribution in [2.24, 2.45) is 4.99 Å². The molecule has 5 rings (SSSR count). The Bertz CT molecular complexity index is 1660. The Morgan fingerprint density at radius 3 is 2.51 bits per heavy atom. The number of ether oxygens (including phenoxy) is 1. The number of unbranched alkanes of at least 4 members (excludes halogenated alkanes) is 1. The van der Waals surface area contributed by atoms with E-state index in [9.17, 15) is 10.0 Å². The number of rotatable bonds is 14. The van der Waals surface area contributed by atoms with Crippen LogP contribution in [0.2, 0.25) is 0 Å². The summed E-state index contributed by atoms with van der Waals surface area (Å²) in [6.07, 6.45) is 6.73. The van der Waals surface area contributed by atoms with E-state index in [-0.39, 0.29) is 5.91 Å². The molecule has 0 saturated carbocycles. The van der Waals surface area contributed by atoms with Gasteiger partial charge in [0.2, 0.25) is 5.82 Å². The summed E-state index contributed by atoms with van der Waals surface area (Å²) in [5, 5.41) is 14.9. The number of anilines is 1. The van der Waals surface area contributed by atoms with Gasteiger partial charge in [0.05, 0.1) is 13.2 Å². The Kier molecular flexibility index (Phi) is 10.4. The van der Waals surface area contributed by atoms with Gasteiger partial charge in [0, 0.05) is 47.8 Å². The van der Waals surface area contributed by atoms with Gasteiger partial charge in [0.1, 0.15) is 11.6 Å². The van der Waals surface area contributed by atoms with Crippen LogP contribution in [-0.2, 0) is 28.2 Å². The Balaban J connectivity index is 1.48. The molecule has 9 nitrogen and oxygen atoms in total. The van der Waals surface area contributed by atoms with Crippen LogP contribution in [0.25, 0.3) is 11.1 Å². The number of amidine groups is 1. The Morgan fingerprint density at radius 1 is 1.04 bits per heavy atom. The van der Waals surface area contributed by atoms with E-state index in [4.69, 9.17) is 14.3 Å². The van der Waals surface area contributed by atoms with Crippen molar-refractivity contribution in [2.45, 2.75) is 83.9 Å². The van der Waals surface area contributed by atoms with Crippen molar-refractivity contribution in [3.05, 3.63) is 95.0 Å². The molecule has 45 heavy (non-hydrogen) atoms. The van der Waals surface area contributed by atoms with Crippen LogP contribution in [0.4, 0.5) is 5.82 Å². The molecule has 10 heteroatoms. The standard InChI is InChI=1S/C35H41N5O4S/c1-6-9-14-32-37-35(7-2,28-17-19-36-20-18-28)34(41)39(32)22-26-15-16-29(27(21-26)23-43-8-3)30-12-10-11-13-31(30)45-40(42)33-24(4)25(5)44-38-33/h10-13,15-21,42H,6-9,14,22-23H2,1-5H3. The fraction of sp³-hybridized carbons (Fsp3) is 0.371. The summed E-state index contributed by atoms with van der Waals surface area (Å²) in [6, 6.07) is 18.0. The molecule has 0 saturated heterocycles. The van der Waals surface area contributed by atoms with Crippen molar-refractivity contribution in [3.8, 4) is 11.1 Å². The molecule has 1 N–H and O–H groups in total. The normalized spacial score (nSPS) is 16.4. The molecule has 1 atom stereocenters. The third-order valence-corrected chi connectivity index (χ3v) is 9.20. The maximum atomic E-state index is 14.2. The number of nitrogens with zero attached hydrogens (tertiary/aromatic N) is 5. The number of amides is 1. The van der Waals surface area contributed by atoms with E-state index in [0.717, 1.165) is 67.8 Å². The topological polar surface area (TPSA) is 104 Å². The van der Waals surface area contributed by atoms with Crippen molar-refractivity contribution < 1.29 is 19.3 Å². The van der Waals surface area contributed by atoms with Crippen LogP contribution in [0.1, 0.15) is 74.5 Å². The number of hydrogen-bond donors (Lipinski definition) is 1. The minimum absolute atomic E-state index is 0.000840. The predicted octanol–water partition coefficient (Wildman–Crippen LogP) is 8.03. The van der Waals surface area contributed by atoms with Gasteiger partial charge in [-0.3, -0.25) is 24.9 Å². The van der Waals surface area contributed by atoms with Gasteiger partial charge in [-0.25, -0.2) is 0 Å². The first-order valence-electron chi connectivity index (χ1n) is 15.5. The van der Waals surface area contributed by atoms with E-state index in [1.807, 2.05) is 69.0 Å². The second kappa shape index (κ2) is 14.4. The Hall–Kier alpha value is -3.99. The molecule has 1 unspecified atom stereocenters. The summed E-state index contributed by atoms with van der Waals surface area (Å²) in [4.78, 5) is 26.2. The van der Waals surface area contributed by atoms with Gasteiger partial charge >= 0.3 is 0 Å². The van der Waals surface area contributed by atoms with Crippen molar-refractivity contribution in [3.63, 3.8) is 0 Å². The van der Waals surface area contributed by atoms with Gasteiger partial charge in [0.15, 0.2) is 5.54 Å². The molecule has 0 aliphatic carbocycles. The lowest BCUT2D eigenvalue weighted by molar-refractivity contribution is -0.132. The summed E-state index contributed by atoms with van der Waals surface area (Å²) in [6.45, 7) is 11.2. The number of hydrogen-bond acceptors (Lipinski definition) is 9. The average Bonchev–Trinajstić information content (AvgIpc) is 3.54. The van der Waals surface area contributed by atoms with Gasteiger partial charge in [-0.05, 0) is 79.6 Å². The van der Waals surface area contributed by atoms with Crippen molar-refractivity contribution in [1.29, 1.82) is 0 Å². The monoisotopic (exact) mass is 627 g/mol. The molecular formula is C35H41N5O4S. The van der Waals surface area contributed by atoms with E-state index in [0.29, 0.717) is 37.8 Å². The zero-order valence-electron chi connectivity index (χ0n) is 26.6. The van der Waals surface area contributed by atoms with Crippen LogP contribution in [0.5, 0.6) is 0 Å². The van der Waals surface area contributed by atoms with Crippen molar-refractivity contribution in [1.82, 2.24) is 15.0 Å². The highest BCUT2D eigenvalue weighted by Gasteiger charge is 2.48. The predicted molar refractivity (Wildman–Crippen MR) is 177 cm³/mol. The van der Waals surface area contributed by atoms with Crippen LogP contribution in [-0.4, -0.2) is 38.6 Å². The maximum absolute atomic E-state index is 14.2. The van der Waals surface area contributed by atoms with E-state index < -0.39 is 5.54 Å². The molecule has 0 fully saturated rings. The first-order chi connectivity index (χ1) is 21.8. The quantitative estimate of drug-likeness (QED) is 0.111. The van der Waals surface area contributed by atoms with Crippen LogP contribution >= 0.6 is 11.9 Å². The lowest BCUT2D eigenvalue weighted by Gasteiger charge is -2.26. The highest BCUT2D eigenvalue weighted by Crippen LogP contribution is 2.40. The molecule has 1 aliphatic heterocycles. The van der Waals surface area contributed by atoms with E-state index in [1.165, 1.54) is 11.9 Å².